The van der Waals surface area contributed by atoms with E-state index in [1.807, 2.05) is 0 Å². The van der Waals surface area contributed by atoms with Crippen molar-refractivity contribution in [3.05, 3.63) is 0 Å². The molecule has 6 heteroatoms. The van der Waals surface area contributed by atoms with Crippen molar-refractivity contribution in [1.29, 1.82) is 0 Å². The lowest BCUT2D eigenvalue weighted by molar-refractivity contribution is 0.441. The number of hydrogen-bond donors (Lipinski definition) is 4. The molecule has 0 aromatic rings. The first-order valence-corrected chi connectivity index (χ1v) is 2.49. The third-order valence-electron chi connectivity index (χ3n) is 0.237. The molecule has 0 rings (SSSR count). The Bertz CT molecular complexity index is 28.5. The first-order valence-electron chi connectivity index (χ1n) is 1.17. The highest BCUT2D eigenvalue weighted by Gasteiger charge is 1.95. The molecule has 1 atom stereocenters. The van der Waals surface area contributed by atoms with E-state index in [0.717, 1.165) is 0 Å². The summed E-state index contributed by atoms with van der Waals surface area (Å²) in [5.41, 5.74) is 4.73. The fraction of sp³-hybridized carbons (Fsp3) is 0. The molecule has 0 bridgehead atoms. The standard InChI is InChI=1S/H7N4OP/c1-4(2)6(3)5/h5H,1-3H2. The van der Waals surface area contributed by atoms with Gasteiger partial charge in [0.2, 0.25) is 8.45 Å². The molecule has 0 aromatic carbocycles. The molecule has 0 aromatic heterocycles. The number of rotatable bonds is 1. The van der Waals surface area contributed by atoms with E-state index in [9.17, 15) is 0 Å². The van der Waals surface area contributed by atoms with Gasteiger partial charge in [0.05, 0.1) is 0 Å². The van der Waals surface area contributed by atoms with Crippen LogP contribution < -0.4 is 17.2 Å². The second-order valence-corrected chi connectivity index (χ2v) is 1.80. The molecule has 0 aliphatic carbocycles. The quantitative estimate of drug-likeness (QED) is 0.181. The average molecular weight is 110 g/mol. The lowest BCUT2D eigenvalue weighted by atomic mass is 12.6. The summed E-state index contributed by atoms with van der Waals surface area (Å²) in [6.45, 7) is 0. The molecule has 0 saturated carbocycles. The zero-order valence-corrected chi connectivity index (χ0v) is 3.97. The van der Waals surface area contributed by atoms with Gasteiger partial charge in [-0.3, -0.25) is 5.50 Å². The molecule has 0 amide bonds. The van der Waals surface area contributed by atoms with Gasteiger partial charge in [-0.1, -0.05) is 0 Å². The van der Waals surface area contributed by atoms with Gasteiger partial charge in [0, 0.05) is 0 Å². The molecule has 1 unspecified atom stereocenters. The van der Waals surface area contributed by atoms with Crippen molar-refractivity contribution in [1.82, 2.24) is 4.89 Å². The van der Waals surface area contributed by atoms with Crippen LogP contribution in [0, 0.1) is 0 Å². The third-order valence-corrected chi connectivity index (χ3v) is 0.710. The van der Waals surface area contributed by atoms with E-state index in [2.05, 4.69) is 0 Å². The summed E-state index contributed by atoms with van der Waals surface area (Å²) < 4.78 is 0. The first-order chi connectivity index (χ1) is 2.64. The highest BCUT2D eigenvalue weighted by Crippen LogP contribution is 2.14. The van der Waals surface area contributed by atoms with Crippen LogP contribution >= 0.6 is 8.45 Å². The molecule has 0 spiro atoms. The van der Waals surface area contributed by atoms with Crippen LogP contribution in [0.3, 0.4) is 0 Å². The van der Waals surface area contributed by atoms with Crippen molar-refractivity contribution in [3.8, 4) is 0 Å². The minimum atomic E-state index is -1.77. The second-order valence-electron chi connectivity index (χ2n) is 0.700. The molecule has 38 valence electrons. The van der Waals surface area contributed by atoms with Crippen LogP contribution in [0.2, 0.25) is 0 Å². The highest BCUT2D eigenvalue weighted by molar-refractivity contribution is 7.45. The molecule has 7 N–H and O–H groups in total. The largest absolute Gasteiger partial charge is 0.346 e. The van der Waals surface area contributed by atoms with E-state index in [0.29, 0.717) is 4.89 Å². The summed E-state index contributed by atoms with van der Waals surface area (Å²) in [4.78, 5) is 8.71. The summed E-state index contributed by atoms with van der Waals surface area (Å²) >= 11 is 0. The second kappa shape index (κ2) is 2.41. The monoisotopic (exact) mass is 110 g/mol. The van der Waals surface area contributed by atoms with Gasteiger partial charge in [-0.15, -0.1) is 4.89 Å². The Balaban J connectivity index is 2.99. The minimum Gasteiger partial charge on any atom is -0.346 e. The normalized spacial score (nSPS) is 15.5. The molecule has 0 aliphatic rings. The van der Waals surface area contributed by atoms with Crippen LogP contribution in [0.1, 0.15) is 0 Å². The predicted molar refractivity (Wildman–Crippen MR) is 23.5 cm³/mol. The molecule has 6 heavy (non-hydrogen) atoms. The molecular weight excluding hydrogens is 103 g/mol. The number of hydrazine groups is 2. The van der Waals surface area contributed by atoms with Crippen molar-refractivity contribution in [2.75, 3.05) is 0 Å². The molecule has 0 fully saturated rings. The third kappa shape index (κ3) is 2.47. The van der Waals surface area contributed by atoms with Gasteiger partial charge in [-0.2, -0.15) is 0 Å². The maximum Gasteiger partial charge on any atom is 0.208 e. The van der Waals surface area contributed by atoms with Crippen LogP contribution in [0.25, 0.3) is 0 Å². The first kappa shape index (κ1) is 6.23. The van der Waals surface area contributed by atoms with Crippen LogP contribution in [0.5, 0.6) is 0 Å². The fourth-order valence-electron chi connectivity index (χ4n) is 0. The maximum absolute atomic E-state index is 8.15. The Labute approximate surface area is 36.6 Å². The summed E-state index contributed by atoms with van der Waals surface area (Å²) in [6, 6.07) is 0. The van der Waals surface area contributed by atoms with Gasteiger partial charge in [0.1, 0.15) is 0 Å². The summed E-state index contributed by atoms with van der Waals surface area (Å²) in [6.07, 6.45) is 0. The van der Waals surface area contributed by atoms with E-state index in [4.69, 9.17) is 22.1 Å². The maximum atomic E-state index is 8.15. The van der Waals surface area contributed by atoms with E-state index in [1.54, 1.807) is 0 Å². The van der Waals surface area contributed by atoms with Crippen LogP contribution in [-0.2, 0) is 0 Å². The Kier molecular flexibility index (Phi) is 2.50. The van der Waals surface area contributed by atoms with Crippen molar-refractivity contribution in [2.45, 2.75) is 0 Å². The Hall–Kier alpha value is 0.230. The number of nitrogens with two attached hydrogens (primary N) is 3. The predicted octanol–water partition coefficient (Wildman–Crippen LogP) is -1.79. The smallest absolute Gasteiger partial charge is 0.208 e. The Morgan fingerprint density at radius 3 is 1.67 bits per heavy atom. The Morgan fingerprint density at radius 2 is 1.67 bits per heavy atom. The Morgan fingerprint density at radius 1 is 1.50 bits per heavy atom. The zero-order chi connectivity index (χ0) is 5.15. The zero-order valence-electron chi connectivity index (χ0n) is 3.07. The van der Waals surface area contributed by atoms with E-state index in [1.165, 1.54) is 0 Å². The van der Waals surface area contributed by atoms with Gasteiger partial charge >= 0.3 is 0 Å². The average Bonchev–Trinajstić information content (AvgIpc) is 1.36. The van der Waals surface area contributed by atoms with Gasteiger partial charge in [-0.25, -0.2) is 11.7 Å². The van der Waals surface area contributed by atoms with Gasteiger partial charge in [-0.05, 0) is 0 Å². The van der Waals surface area contributed by atoms with Crippen LogP contribution in [0.4, 0.5) is 0 Å². The van der Waals surface area contributed by atoms with E-state index in [-0.39, 0.29) is 0 Å². The fourth-order valence-corrected chi connectivity index (χ4v) is 0. The van der Waals surface area contributed by atoms with Crippen LogP contribution in [-0.4, -0.2) is 9.78 Å². The van der Waals surface area contributed by atoms with E-state index < -0.39 is 8.45 Å². The molecule has 0 radical (unpaired) electrons. The lowest BCUT2D eigenvalue weighted by Crippen LogP contribution is -2.34. The SMILES string of the molecule is NN(N)P(N)O. The minimum absolute atomic E-state index is 0.565. The highest BCUT2D eigenvalue weighted by atomic mass is 31.2. The van der Waals surface area contributed by atoms with E-state index >= 15 is 0 Å². The molecule has 0 heterocycles. The molecule has 0 saturated heterocycles. The summed E-state index contributed by atoms with van der Waals surface area (Å²) in [5, 5.41) is 0. The van der Waals surface area contributed by atoms with Crippen molar-refractivity contribution < 1.29 is 4.89 Å². The number of hydrogen-bond acceptors (Lipinski definition) is 5. The molecule has 0 aliphatic heterocycles. The van der Waals surface area contributed by atoms with Gasteiger partial charge < -0.3 is 4.89 Å². The van der Waals surface area contributed by atoms with Crippen molar-refractivity contribution in [2.24, 2.45) is 17.2 Å². The summed E-state index contributed by atoms with van der Waals surface area (Å²) in [5.74, 6) is 9.40. The molecule has 5 nitrogen and oxygen atoms in total. The topological polar surface area (TPSA) is 102 Å². The van der Waals surface area contributed by atoms with Gasteiger partial charge in [0.25, 0.3) is 0 Å². The van der Waals surface area contributed by atoms with Gasteiger partial charge in [0.15, 0.2) is 0 Å². The van der Waals surface area contributed by atoms with Crippen LogP contribution in [0.15, 0.2) is 0 Å². The summed E-state index contributed by atoms with van der Waals surface area (Å²) in [7, 11) is -1.77. The van der Waals surface area contributed by atoms with Crippen molar-refractivity contribution in [3.63, 3.8) is 0 Å². The van der Waals surface area contributed by atoms with Crippen molar-refractivity contribution >= 4 is 8.45 Å². The number of nitrogens with zero attached hydrogens (tertiary/aromatic N) is 1. The molecular formula is H7N4OP. The lowest BCUT2D eigenvalue weighted by Gasteiger charge is -2.08.